The van der Waals surface area contributed by atoms with Crippen LogP contribution in [0.3, 0.4) is 0 Å². The van der Waals surface area contributed by atoms with Crippen molar-refractivity contribution < 1.29 is 9.59 Å². The molecule has 5 heteroatoms. The van der Waals surface area contributed by atoms with Crippen molar-refractivity contribution in [2.45, 2.75) is 50.6 Å². The van der Waals surface area contributed by atoms with Gasteiger partial charge in [0.15, 0.2) is 16.6 Å². The summed E-state index contributed by atoms with van der Waals surface area (Å²) in [6.07, 6.45) is 0. The van der Waals surface area contributed by atoms with Crippen molar-refractivity contribution in [2.24, 2.45) is 0 Å². The molecule has 0 bridgehead atoms. The molecule has 80 valence electrons. The Morgan fingerprint density at radius 1 is 0.692 bits per heavy atom. The summed E-state index contributed by atoms with van der Waals surface area (Å²) >= 11 is 0. The predicted octanol–water partition coefficient (Wildman–Crippen LogP) is 2.17. The number of rotatable bonds is 4. The van der Waals surface area contributed by atoms with E-state index in [9.17, 15) is 9.59 Å². The van der Waals surface area contributed by atoms with E-state index in [0.29, 0.717) is 0 Å². The SMILES string of the molecule is C[Si](C)(O)C[Si](C)(C)C[Si](C)(C)O. The smallest absolute Gasteiger partial charge is 0.180 e. The average molecular weight is 237 g/mol. The lowest BCUT2D eigenvalue weighted by molar-refractivity contribution is 0.553. The Bertz CT molecular complexity index is 149. The zero-order valence-electron chi connectivity index (χ0n) is 9.81. The third-order valence-corrected chi connectivity index (χ3v) is 16.4. The molecule has 0 aromatic carbocycles. The van der Waals surface area contributed by atoms with Crippen molar-refractivity contribution in [3.63, 3.8) is 0 Å². The fraction of sp³-hybridized carbons (Fsp3) is 1.00. The largest absolute Gasteiger partial charge is 0.433 e. The fourth-order valence-corrected chi connectivity index (χ4v) is 22.8. The molecule has 0 atom stereocenters. The fourth-order valence-electron chi connectivity index (χ4n) is 2.40. The number of hydrogen-bond acceptors (Lipinski definition) is 2. The van der Waals surface area contributed by atoms with Crippen LogP contribution in [0.2, 0.25) is 50.6 Å². The van der Waals surface area contributed by atoms with Crippen LogP contribution in [0.1, 0.15) is 0 Å². The van der Waals surface area contributed by atoms with E-state index in [2.05, 4.69) is 13.1 Å². The molecule has 0 saturated carbocycles. The van der Waals surface area contributed by atoms with E-state index in [1.54, 1.807) is 0 Å². The third-order valence-electron chi connectivity index (χ3n) is 1.82. The highest BCUT2D eigenvalue weighted by atomic mass is 28.4. The first-order valence-electron chi connectivity index (χ1n) is 4.86. The van der Waals surface area contributed by atoms with E-state index in [1.807, 2.05) is 26.2 Å². The van der Waals surface area contributed by atoms with Gasteiger partial charge in [0.05, 0.1) is 0 Å². The van der Waals surface area contributed by atoms with E-state index < -0.39 is 24.7 Å². The predicted molar refractivity (Wildman–Crippen MR) is 66.5 cm³/mol. The molecular formula is C8H24O2Si3. The van der Waals surface area contributed by atoms with Gasteiger partial charge in [-0.3, -0.25) is 0 Å². The second-order valence-corrected chi connectivity index (χ2v) is 20.5. The quantitative estimate of drug-likeness (QED) is 0.735. The normalized spacial score (nSPS) is 14.8. The van der Waals surface area contributed by atoms with Crippen LogP contribution < -0.4 is 0 Å². The minimum atomic E-state index is -1.92. The molecular weight excluding hydrogens is 212 g/mol. The lowest BCUT2D eigenvalue weighted by atomic mass is 11.7. The molecule has 0 heterocycles. The molecule has 0 aliphatic rings. The van der Waals surface area contributed by atoms with Crippen molar-refractivity contribution in [1.29, 1.82) is 0 Å². The van der Waals surface area contributed by atoms with Crippen LogP contribution in [-0.2, 0) is 0 Å². The van der Waals surface area contributed by atoms with Crippen LogP contribution in [-0.4, -0.2) is 34.3 Å². The molecule has 2 N–H and O–H groups in total. The lowest BCUT2D eigenvalue weighted by Gasteiger charge is -2.31. The zero-order valence-corrected chi connectivity index (χ0v) is 12.8. The second-order valence-electron chi connectivity index (χ2n) is 6.14. The topological polar surface area (TPSA) is 40.5 Å². The molecule has 0 spiro atoms. The van der Waals surface area contributed by atoms with Crippen molar-refractivity contribution in [1.82, 2.24) is 0 Å². The Morgan fingerprint density at radius 3 is 1.08 bits per heavy atom. The van der Waals surface area contributed by atoms with Gasteiger partial charge in [-0.1, -0.05) is 13.1 Å². The highest BCUT2D eigenvalue weighted by Crippen LogP contribution is 2.25. The Kier molecular flexibility index (Phi) is 4.15. The average Bonchev–Trinajstić information content (AvgIpc) is 1.43. The van der Waals surface area contributed by atoms with Gasteiger partial charge in [0.1, 0.15) is 0 Å². The standard InChI is InChI=1S/C8H24O2Si3/c1-11(2,7-12(3,4)9)8-13(5,6)10/h9-10H,7-8H2,1-6H3. The van der Waals surface area contributed by atoms with Gasteiger partial charge in [-0.25, -0.2) is 0 Å². The Labute approximate surface area is 85.3 Å². The summed E-state index contributed by atoms with van der Waals surface area (Å²) in [4.78, 5) is 19.7. The van der Waals surface area contributed by atoms with Crippen LogP contribution in [0.25, 0.3) is 0 Å². The molecule has 0 aliphatic carbocycles. The minimum Gasteiger partial charge on any atom is -0.433 e. The van der Waals surface area contributed by atoms with Crippen LogP contribution >= 0.6 is 0 Å². The van der Waals surface area contributed by atoms with Crippen molar-refractivity contribution in [3.05, 3.63) is 0 Å². The van der Waals surface area contributed by atoms with Gasteiger partial charge in [0.25, 0.3) is 0 Å². The molecule has 0 rings (SSSR count). The Morgan fingerprint density at radius 2 is 0.923 bits per heavy atom. The second kappa shape index (κ2) is 3.98. The molecule has 13 heavy (non-hydrogen) atoms. The minimum absolute atomic E-state index is 1.01. The van der Waals surface area contributed by atoms with Gasteiger partial charge in [0, 0.05) is 8.07 Å². The van der Waals surface area contributed by atoms with E-state index in [1.165, 1.54) is 0 Å². The van der Waals surface area contributed by atoms with E-state index in [4.69, 9.17) is 0 Å². The van der Waals surface area contributed by atoms with Gasteiger partial charge >= 0.3 is 0 Å². The van der Waals surface area contributed by atoms with Crippen LogP contribution in [0.15, 0.2) is 0 Å². The van der Waals surface area contributed by atoms with Crippen molar-refractivity contribution in [2.75, 3.05) is 0 Å². The third kappa shape index (κ3) is 8.89. The van der Waals surface area contributed by atoms with Crippen molar-refractivity contribution >= 4 is 24.7 Å². The molecule has 0 amide bonds. The Balaban J connectivity index is 4.25. The maximum atomic E-state index is 9.86. The highest BCUT2D eigenvalue weighted by molar-refractivity contribution is 6.99. The molecule has 0 aromatic rings. The van der Waals surface area contributed by atoms with Gasteiger partial charge in [-0.05, 0) is 37.5 Å². The summed E-state index contributed by atoms with van der Waals surface area (Å²) in [5, 5.41) is 0. The van der Waals surface area contributed by atoms with Gasteiger partial charge in [-0.2, -0.15) is 0 Å². The van der Waals surface area contributed by atoms with Gasteiger partial charge in [0.2, 0.25) is 0 Å². The number of hydrogen-bond donors (Lipinski definition) is 2. The summed E-state index contributed by atoms with van der Waals surface area (Å²) in [7, 11) is -5.19. The van der Waals surface area contributed by atoms with Gasteiger partial charge < -0.3 is 9.59 Å². The summed E-state index contributed by atoms with van der Waals surface area (Å²) < 4.78 is 0. The monoisotopic (exact) mass is 236 g/mol. The van der Waals surface area contributed by atoms with Crippen LogP contribution in [0.4, 0.5) is 0 Å². The van der Waals surface area contributed by atoms with Crippen LogP contribution in [0, 0.1) is 0 Å². The molecule has 0 fully saturated rings. The molecule has 0 aliphatic heterocycles. The molecule has 0 saturated heterocycles. The first-order chi connectivity index (χ1) is 5.41. The maximum absolute atomic E-state index is 9.86. The molecule has 2 nitrogen and oxygen atoms in total. The molecule has 0 radical (unpaired) electrons. The first-order valence-corrected chi connectivity index (χ1v) is 14.6. The van der Waals surface area contributed by atoms with E-state index in [-0.39, 0.29) is 0 Å². The molecule has 0 aromatic heterocycles. The first kappa shape index (κ1) is 13.6. The van der Waals surface area contributed by atoms with Crippen molar-refractivity contribution in [3.8, 4) is 0 Å². The maximum Gasteiger partial charge on any atom is 0.180 e. The summed E-state index contributed by atoms with van der Waals surface area (Å²) in [6.45, 7) is 12.5. The van der Waals surface area contributed by atoms with E-state index in [0.717, 1.165) is 11.3 Å². The van der Waals surface area contributed by atoms with Crippen LogP contribution in [0.5, 0.6) is 0 Å². The zero-order chi connectivity index (χ0) is 10.9. The summed E-state index contributed by atoms with van der Waals surface area (Å²) in [5.41, 5.74) is 2.02. The van der Waals surface area contributed by atoms with E-state index >= 15 is 0 Å². The highest BCUT2D eigenvalue weighted by Gasteiger charge is 2.35. The Hall–Kier alpha value is 0.571. The molecule has 0 unspecified atom stereocenters. The summed E-state index contributed by atoms with van der Waals surface area (Å²) in [6, 6.07) is 0. The lowest BCUT2D eigenvalue weighted by Crippen LogP contribution is -2.45. The summed E-state index contributed by atoms with van der Waals surface area (Å²) in [5.74, 6) is 0. The van der Waals surface area contributed by atoms with Gasteiger partial charge in [-0.15, -0.1) is 0 Å².